The van der Waals surface area contributed by atoms with Crippen molar-refractivity contribution in [2.75, 3.05) is 71.4 Å². The van der Waals surface area contributed by atoms with Crippen molar-refractivity contribution in [1.29, 1.82) is 0 Å². The maximum absolute atomic E-state index is 5.28. The van der Waals surface area contributed by atoms with Crippen LogP contribution in [-0.4, -0.2) is 92.2 Å². The molecule has 2 aliphatic heterocycles. The van der Waals surface area contributed by atoms with Crippen LogP contribution in [-0.2, 0) is 0 Å². The molecule has 0 aromatic carbocycles. The van der Waals surface area contributed by atoms with Crippen molar-refractivity contribution in [2.24, 2.45) is 10.9 Å². The van der Waals surface area contributed by atoms with E-state index in [1.807, 2.05) is 7.05 Å². The molecule has 28 heavy (non-hydrogen) atoms. The molecular formula is C18H31BrIN7O. The lowest BCUT2D eigenvalue weighted by Crippen LogP contribution is -2.53. The Morgan fingerprint density at radius 3 is 2.68 bits per heavy atom. The maximum atomic E-state index is 5.28. The average Bonchev–Trinajstić information content (AvgIpc) is 3.17. The Kier molecular flexibility index (Phi) is 9.48. The minimum absolute atomic E-state index is 0. The smallest absolute Gasteiger partial charge is 0.232 e. The summed E-state index contributed by atoms with van der Waals surface area (Å²) in [7, 11) is 3.49. The number of methoxy groups -OCH3 is 1. The van der Waals surface area contributed by atoms with Gasteiger partial charge in [0.1, 0.15) is 0 Å². The molecule has 0 amide bonds. The standard InChI is InChI=1S/C18H30BrN7O.HI/c1-4-24-6-5-14(13-24)11-21-17(20-2)25-7-9-26(10-8-25)18-22-12-15(19)16(23-18)27-3;/h12,14H,4-11,13H2,1-3H3,(H,20,21);1H. The number of aliphatic imine (C=N–C) groups is 1. The van der Waals surface area contributed by atoms with Crippen molar-refractivity contribution in [3.8, 4) is 5.88 Å². The Bertz CT molecular complexity index is 655. The van der Waals surface area contributed by atoms with Crippen molar-refractivity contribution in [3.63, 3.8) is 0 Å². The molecule has 0 spiro atoms. The van der Waals surface area contributed by atoms with Gasteiger partial charge >= 0.3 is 0 Å². The van der Waals surface area contributed by atoms with E-state index >= 15 is 0 Å². The Morgan fingerprint density at radius 2 is 2.07 bits per heavy atom. The number of likely N-dealkylation sites (tertiary alicyclic amines) is 1. The number of anilines is 1. The fourth-order valence-corrected chi connectivity index (χ4v) is 4.04. The zero-order valence-electron chi connectivity index (χ0n) is 16.9. The highest BCUT2D eigenvalue weighted by Gasteiger charge is 2.24. The second-order valence-corrected chi connectivity index (χ2v) is 7.83. The number of nitrogens with zero attached hydrogens (tertiary/aromatic N) is 6. The van der Waals surface area contributed by atoms with Crippen LogP contribution in [0.1, 0.15) is 13.3 Å². The largest absolute Gasteiger partial charge is 0.480 e. The highest BCUT2D eigenvalue weighted by atomic mass is 127. The predicted octanol–water partition coefficient (Wildman–Crippen LogP) is 1.90. The van der Waals surface area contributed by atoms with E-state index in [2.05, 4.69) is 57.8 Å². The summed E-state index contributed by atoms with van der Waals surface area (Å²) in [5, 5.41) is 3.58. The summed E-state index contributed by atoms with van der Waals surface area (Å²) in [5.74, 6) is 2.99. The van der Waals surface area contributed by atoms with E-state index in [0.29, 0.717) is 17.7 Å². The number of guanidine groups is 1. The number of ether oxygens (including phenoxy) is 1. The normalized spacial score (nSPS) is 20.9. The lowest BCUT2D eigenvalue weighted by molar-refractivity contribution is 0.337. The van der Waals surface area contributed by atoms with Gasteiger partial charge in [-0.25, -0.2) is 4.98 Å². The van der Waals surface area contributed by atoms with E-state index in [4.69, 9.17) is 4.74 Å². The first-order valence-corrected chi connectivity index (χ1v) is 10.4. The molecule has 0 aliphatic carbocycles. The predicted molar refractivity (Wildman–Crippen MR) is 127 cm³/mol. The van der Waals surface area contributed by atoms with Gasteiger partial charge in [0.25, 0.3) is 0 Å². The maximum Gasteiger partial charge on any atom is 0.232 e. The van der Waals surface area contributed by atoms with Crippen molar-refractivity contribution >= 4 is 51.8 Å². The van der Waals surface area contributed by atoms with Crippen molar-refractivity contribution < 1.29 is 4.74 Å². The molecule has 158 valence electrons. The summed E-state index contributed by atoms with van der Waals surface area (Å²) in [4.78, 5) is 20.4. The van der Waals surface area contributed by atoms with Gasteiger partial charge < -0.3 is 24.8 Å². The average molecular weight is 568 g/mol. The third-order valence-corrected chi connectivity index (χ3v) is 5.88. The third kappa shape index (κ3) is 5.82. The Hall–Kier alpha value is -0.880. The highest BCUT2D eigenvalue weighted by molar-refractivity contribution is 14.0. The van der Waals surface area contributed by atoms with Crippen molar-refractivity contribution in [1.82, 2.24) is 25.1 Å². The zero-order chi connectivity index (χ0) is 19.2. The van der Waals surface area contributed by atoms with Gasteiger partial charge in [-0.2, -0.15) is 4.98 Å². The second-order valence-electron chi connectivity index (χ2n) is 6.98. The second kappa shape index (κ2) is 11.3. The van der Waals surface area contributed by atoms with Gasteiger partial charge in [0.05, 0.1) is 17.8 Å². The molecule has 1 unspecified atom stereocenters. The van der Waals surface area contributed by atoms with E-state index in [-0.39, 0.29) is 24.0 Å². The molecule has 3 heterocycles. The molecule has 0 saturated carbocycles. The quantitative estimate of drug-likeness (QED) is 0.331. The van der Waals surface area contributed by atoms with Crippen LogP contribution in [0.2, 0.25) is 0 Å². The van der Waals surface area contributed by atoms with E-state index in [1.165, 1.54) is 19.5 Å². The fraction of sp³-hybridized carbons (Fsp3) is 0.722. The molecule has 8 nitrogen and oxygen atoms in total. The van der Waals surface area contributed by atoms with Gasteiger partial charge in [-0.05, 0) is 41.4 Å². The van der Waals surface area contributed by atoms with Crippen LogP contribution in [0.4, 0.5) is 5.95 Å². The molecule has 1 atom stereocenters. The Morgan fingerprint density at radius 1 is 1.32 bits per heavy atom. The van der Waals surface area contributed by atoms with Gasteiger partial charge in [0.2, 0.25) is 11.8 Å². The Labute approximate surface area is 193 Å². The van der Waals surface area contributed by atoms with Crippen LogP contribution >= 0.6 is 39.9 Å². The first-order chi connectivity index (χ1) is 13.1. The molecular weight excluding hydrogens is 537 g/mol. The summed E-state index contributed by atoms with van der Waals surface area (Å²) in [6.07, 6.45) is 3.02. The van der Waals surface area contributed by atoms with Crippen LogP contribution < -0.4 is 15.0 Å². The molecule has 2 saturated heterocycles. The van der Waals surface area contributed by atoms with E-state index in [9.17, 15) is 0 Å². The summed E-state index contributed by atoms with van der Waals surface area (Å²) in [6.45, 7) is 10.3. The van der Waals surface area contributed by atoms with Crippen LogP contribution in [0.15, 0.2) is 15.7 Å². The topological polar surface area (TPSA) is 69.1 Å². The van der Waals surface area contributed by atoms with Crippen LogP contribution in [0.25, 0.3) is 0 Å². The van der Waals surface area contributed by atoms with Gasteiger partial charge in [0, 0.05) is 46.3 Å². The number of halogens is 2. The molecule has 0 bridgehead atoms. The van der Waals surface area contributed by atoms with Crippen molar-refractivity contribution in [2.45, 2.75) is 13.3 Å². The van der Waals surface area contributed by atoms with Gasteiger partial charge in [-0.15, -0.1) is 24.0 Å². The third-order valence-electron chi connectivity index (χ3n) is 5.33. The molecule has 1 N–H and O–H groups in total. The number of hydrogen-bond donors (Lipinski definition) is 1. The molecule has 1 aromatic heterocycles. The van der Waals surface area contributed by atoms with Crippen LogP contribution in [0, 0.1) is 5.92 Å². The molecule has 2 aliphatic rings. The number of nitrogens with one attached hydrogen (secondary N) is 1. The number of rotatable bonds is 5. The van der Waals surface area contributed by atoms with Gasteiger partial charge in [-0.3, -0.25) is 4.99 Å². The number of aromatic nitrogens is 2. The van der Waals surface area contributed by atoms with E-state index < -0.39 is 0 Å². The summed E-state index contributed by atoms with van der Waals surface area (Å²) in [6, 6.07) is 0. The minimum Gasteiger partial charge on any atom is -0.480 e. The molecule has 2 fully saturated rings. The first-order valence-electron chi connectivity index (χ1n) is 9.64. The zero-order valence-corrected chi connectivity index (χ0v) is 20.8. The number of piperazine rings is 1. The van der Waals surface area contributed by atoms with Gasteiger partial charge in [-0.1, -0.05) is 6.92 Å². The monoisotopic (exact) mass is 567 g/mol. The van der Waals surface area contributed by atoms with E-state index in [1.54, 1.807) is 13.3 Å². The summed E-state index contributed by atoms with van der Waals surface area (Å²) < 4.78 is 6.05. The number of hydrogen-bond acceptors (Lipinski definition) is 6. The van der Waals surface area contributed by atoms with Crippen LogP contribution in [0.5, 0.6) is 5.88 Å². The van der Waals surface area contributed by atoms with Crippen molar-refractivity contribution in [3.05, 3.63) is 10.7 Å². The SMILES string of the molecule is CCN1CCC(CNC(=NC)N2CCN(c3ncc(Br)c(OC)n3)CC2)C1.I. The van der Waals surface area contributed by atoms with E-state index in [0.717, 1.165) is 49.7 Å². The van der Waals surface area contributed by atoms with Crippen LogP contribution in [0.3, 0.4) is 0 Å². The molecule has 0 radical (unpaired) electrons. The Balaban J connectivity index is 0.00000280. The fourth-order valence-electron chi connectivity index (χ4n) is 3.69. The summed E-state index contributed by atoms with van der Waals surface area (Å²) >= 11 is 3.40. The lowest BCUT2D eigenvalue weighted by Gasteiger charge is -2.36. The minimum atomic E-state index is 0. The molecule has 3 rings (SSSR count). The first kappa shape index (κ1) is 23.4. The summed E-state index contributed by atoms with van der Waals surface area (Å²) in [5.41, 5.74) is 0. The molecule has 10 heteroatoms. The molecule has 1 aromatic rings. The highest BCUT2D eigenvalue weighted by Crippen LogP contribution is 2.24. The lowest BCUT2D eigenvalue weighted by atomic mass is 10.1. The van der Waals surface area contributed by atoms with Gasteiger partial charge in [0.15, 0.2) is 5.96 Å².